The first-order chi connectivity index (χ1) is 11.4. The number of ether oxygens (including phenoxy) is 1. The van der Waals surface area contributed by atoms with Gasteiger partial charge in [0.05, 0.1) is 13.2 Å². The number of nitrogens with zero attached hydrogens (tertiary/aromatic N) is 1. The van der Waals surface area contributed by atoms with Crippen LogP contribution in [-0.2, 0) is 4.74 Å². The molecule has 2 nitrogen and oxygen atoms in total. The Balaban J connectivity index is 1.82. The summed E-state index contributed by atoms with van der Waals surface area (Å²) in [5.41, 5.74) is 2.04. The molecule has 3 rings (SSSR count). The molecule has 1 aliphatic rings. The third kappa shape index (κ3) is 4.73. The lowest BCUT2D eigenvalue weighted by atomic mass is 10.1. The van der Waals surface area contributed by atoms with E-state index in [-0.39, 0.29) is 6.04 Å². The molecular weight excluding hydrogens is 282 g/mol. The van der Waals surface area contributed by atoms with Crippen LogP contribution in [0.2, 0.25) is 0 Å². The van der Waals surface area contributed by atoms with Gasteiger partial charge in [-0.25, -0.2) is 0 Å². The normalized spacial score (nSPS) is 14.5. The zero-order chi connectivity index (χ0) is 15.7. The summed E-state index contributed by atoms with van der Waals surface area (Å²) in [4.78, 5) is 2.29. The summed E-state index contributed by atoms with van der Waals surface area (Å²) in [6.45, 7) is 3.24. The third-order valence-corrected chi connectivity index (χ3v) is 3.66. The zero-order valence-corrected chi connectivity index (χ0v) is 13.0. The maximum atomic E-state index is 5.44. The van der Waals surface area contributed by atoms with Crippen molar-refractivity contribution in [2.45, 2.75) is 6.04 Å². The summed E-state index contributed by atoms with van der Waals surface area (Å²) in [6, 6.07) is 20.0. The Hall–Kier alpha value is -2.52. The third-order valence-electron chi connectivity index (χ3n) is 3.66. The average Bonchev–Trinajstić information content (AvgIpc) is 2.64. The van der Waals surface area contributed by atoms with Gasteiger partial charge in [0.15, 0.2) is 0 Å². The molecule has 1 heterocycles. The van der Waals surface area contributed by atoms with Crippen LogP contribution in [0.15, 0.2) is 60.7 Å². The number of benzene rings is 2. The van der Waals surface area contributed by atoms with E-state index >= 15 is 0 Å². The Bertz CT molecular complexity index is 668. The predicted molar refractivity (Wildman–Crippen MR) is 92.8 cm³/mol. The molecule has 0 atom stereocenters. The second-order valence-corrected chi connectivity index (χ2v) is 5.32. The molecule has 2 heteroatoms. The average molecular weight is 301 g/mol. The van der Waals surface area contributed by atoms with Crippen LogP contribution < -0.4 is 0 Å². The summed E-state index contributed by atoms with van der Waals surface area (Å²) < 4.78 is 5.44. The van der Waals surface area contributed by atoms with Crippen LogP contribution in [0.3, 0.4) is 0 Å². The fourth-order valence-electron chi connectivity index (χ4n) is 2.40. The summed E-state index contributed by atoms with van der Waals surface area (Å²) in [5.74, 6) is 13.1. The van der Waals surface area contributed by atoms with E-state index in [0.717, 1.165) is 37.4 Å². The standard InChI is InChI=1S/C21H19NO/c1-3-7-19(8-4-1)11-13-21(22-15-17-23-18-16-22)14-12-20-9-5-2-6-10-20/h1-10,21H,15-18H2. The number of rotatable bonds is 1. The van der Waals surface area contributed by atoms with Gasteiger partial charge in [0.25, 0.3) is 0 Å². The molecule has 0 spiro atoms. The topological polar surface area (TPSA) is 12.5 Å². The molecule has 0 aromatic heterocycles. The lowest BCUT2D eigenvalue weighted by Crippen LogP contribution is -2.42. The van der Waals surface area contributed by atoms with Crippen molar-refractivity contribution in [3.05, 3.63) is 71.8 Å². The highest BCUT2D eigenvalue weighted by molar-refractivity contribution is 5.40. The van der Waals surface area contributed by atoms with Crippen molar-refractivity contribution in [3.63, 3.8) is 0 Å². The first-order valence-electron chi connectivity index (χ1n) is 7.87. The van der Waals surface area contributed by atoms with Crippen LogP contribution in [0.4, 0.5) is 0 Å². The molecule has 0 bridgehead atoms. The fraction of sp³-hybridized carbons (Fsp3) is 0.238. The van der Waals surface area contributed by atoms with E-state index in [0.29, 0.717) is 0 Å². The zero-order valence-electron chi connectivity index (χ0n) is 13.0. The quantitative estimate of drug-likeness (QED) is 0.751. The summed E-state index contributed by atoms with van der Waals surface area (Å²) in [7, 11) is 0. The van der Waals surface area contributed by atoms with E-state index in [9.17, 15) is 0 Å². The highest BCUT2D eigenvalue weighted by atomic mass is 16.5. The Kier molecular flexibility index (Phi) is 5.48. The Labute approximate surface area is 138 Å². The van der Waals surface area contributed by atoms with Gasteiger partial charge in [-0.1, -0.05) is 60.1 Å². The van der Waals surface area contributed by atoms with Crippen molar-refractivity contribution in [2.75, 3.05) is 26.3 Å². The monoisotopic (exact) mass is 301 g/mol. The molecular formula is C21H19NO. The van der Waals surface area contributed by atoms with Gasteiger partial charge in [0.2, 0.25) is 0 Å². The Morgan fingerprint density at radius 3 is 1.70 bits per heavy atom. The SMILES string of the molecule is C(#CC(C#Cc1ccccc1)N1CCOCC1)c1ccccc1. The first-order valence-corrected chi connectivity index (χ1v) is 7.87. The van der Waals surface area contributed by atoms with Crippen molar-refractivity contribution in [1.29, 1.82) is 0 Å². The molecule has 1 saturated heterocycles. The minimum Gasteiger partial charge on any atom is -0.379 e. The van der Waals surface area contributed by atoms with Crippen molar-refractivity contribution < 1.29 is 4.74 Å². The second-order valence-electron chi connectivity index (χ2n) is 5.32. The van der Waals surface area contributed by atoms with Crippen molar-refractivity contribution in [2.24, 2.45) is 0 Å². The summed E-state index contributed by atoms with van der Waals surface area (Å²) in [5, 5.41) is 0. The summed E-state index contributed by atoms with van der Waals surface area (Å²) in [6.07, 6.45) is 0. The number of hydrogen-bond donors (Lipinski definition) is 0. The van der Waals surface area contributed by atoms with E-state index < -0.39 is 0 Å². The minimum atomic E-state index is -0.0701. The smallest absolute Gasteiger partial charge is 0.134 e. The van der Waals surface area contributed by atoms with Crippen molar-refractivity contribution >= 4 is 0 Å². The highest BCUT2D eigenvalue weighted by Gasteiger charge is 2.17. The highest BCUT2D eigenvalue weighted by Crippen LogP contribution is 2.05. The molecule has 0 saturated carbocycles. The van der Waals surface area contributed by atoms with Crippen molar-refractivity contribution in [1.82, 2.24) is 4.90 Å². The van der Waals surface area contributed by atoms with Crippen LogP contribution in [0, 0.1) is 23.7 Å². The molecule has 0 N–H and O–H groups in total. The molecule has 1 fully saturated rings. The number of hydrogen-bond acceptors (Lipinski definition) is 2. The van der Waals surface area contributed by atoms with Gasteiger partial charge in [-0.15, -0.1) is 0 Å². The lowest BCUT2D eigenvalue weighted by molar-refractivity contribution is 0.0356. The van der Waals surface area contributed by atoms with E-state index in [2.05, 4.69) is 28.6 Å². The summed E-state index contributed by atoms with van der Waals surface area (Å²) >= 11 is 0. The van der Waals surface area contributed by atoms with Gasteiger partial charge in [-0.05, 0) is 24.3 Å². The molecule has 0 aliphatic carbocycles. The van der Waals surface area contributed by atoms with Gasteiger partial charge in [-0.2, -0.15) is 0 Å². The largest absolute Gasteiger partial charge is 0.379 e. The van der Waals surface area contributed by atoms with Crippen LogP contribution in [0.5, 0.6) is 0 Å². The van der Waals surface area contributed by atoms with Gasteiger partial charge in [0.1, 0.15) is 6.04 Å². The second kappa shape index (κ2) is 8.20. The molecule has 2 aromatic rings. The molecule has 0 radical (unpaired) electrons. The van der Waals surface area contributed by atoms with Gasteiger partial charge in [0, 0.05) is 24.2 Å². The lowest BCUT2D eigenvalue weighted by Gasteiger charge is -2.28. The molecule has 1 aliphatic heterocycles. The molecule has 114 valence electrons. The minimum absolute atomic E-state index is 0.0701. The van der Waals surface area contributed by atoms with Gasteiger partial charge in [-0.3, -0.25) is 4.90 Å². The predicted octanol–water partition coefficient (Wildman–Crippen LogP) is 2.79. The molecule has 2 aromatic carbocycles. The van der Waals surface area contributed by atoms with Crippen molar-refractivity contribution in [3.8, 4) is 23.7 Å². The maximum Gasteiger partial charge on any atom is 0.134 e. The molecule has 23 heavy (non-hydrogen) atoms. The number of morpholine rings is 1. The van der Waals surface area contributed by atoms with E-state index in [4.69, 9.17) is 4.74 Å². The van der Waals surface area contributed by atoms with E-state index in [1.165, 1.54) is 0 Å². The van der Waals surface area contributed by atoms with E-state index in [1.807, 2.05) is 60.7 Å². The van der Waals surface area contributed by atoms with Crippen LogP contribution in [0.25, 0.3) is 0 Å². The Morgan fingerprint density at radius 2 is 1.22 bits per heavy atom. The first kappa shape index (κ1) is 15.4. The van der Waals surface area contributed by atoms with Gasteiger partial charge < -0.3 is 4.74 Å². The molecule has 0 amide bonds. The Morgan fingerprint density at radius 1 is 0.739 bits per heavy atom. The van der Waals surface area contributed by atoms with Crippen LogP contribution >= 0.6 is 0 Å². The fourth-order valence-corrected chi connectivity index (χ4v) is 2.40. The molecule has 0 unspecified atom stereocenters. The van der Waals surface area contributed by atoms with Gasteiger partial charge >= 0.3 is 0 Å². The van der Waals surface area contributed by atoms with Crippen LogP contribution in [0.1, 0.15) is 11.1 Å². The maximum absolute atomic E-state index is 5.44. The van der Waals surface area contributed by atoms with E-state index in [1.54, 1.807) is 0 Å². The van der Waals surface area contributed by atoms with Crippen LogP contribution in [-0.4, -0.2) is 37.2 Å².